The van der Waals surface area contributed by atoms with E-state index in [4.69, 9.17) is 5.11 Å². The number of amides is 1. The Kier molecular flexibility index (Phi) is 8.22. The van der Waals surface area contributed by atoms with Crippen LogP contribution in [0.4, 0.5) is 0 Å². The average Bonchev–Trinajstić information content (AvgIpc) is 2.39. The van der Waals surface area contributed by atoms with Crippen LogP contribution in [0, 0.1) is 5.92 Å². The summed E-state index contributed by atoms with van der Waals surface area (Å²) in [6.07, 6.45) is 1.00. The first-order valence-electron chi connectivity index (χ1n) is 6.09. The lowest BCUT2D eigenvalue weighted by molar-refractivity contribution is -0.157. The number of esters is 1. The second-order valence-electron chi connectivity index (χ2n) is 4.27. The minimum absolute atomic E-state index is 0.287. The van der Waals surface area contributed by atoms with Gasteiger partial charge in [0.05, 0.1) is 7.11 Å². The number of hydrogen-bond acceptors (Lipinski definition) is 5. The zero-order valence-corrected chi connectivity index (χ0v) is 12.4. The zero-order valence-electron chi connectivity index (χ0n) is 11.5. The van der Waals surface area contributed by atoms with Crippen molar-refractivity contribution in [2.24, 2.45) is 5.92 Å². The molecular weight excluding hydrogens is 270 g/mol. The molecule has 2 atom stereocenters. The van der Waals surface area contributed by atoms with Gasteiger partial charge in [-0.05, 0) is 6.42 Å². The van der Waals surface area contributed by atoms with Crippen molar-refractivity contribution < 1.29 is 24.2 Å². The molecule has 0 aliphatic carbocycles. The minimum Gasteiger partial charge on any atom is -0.480 e. The first-order valence-corrected chi connectivity index (χ1v) is 6.73. The summed E-state index contributed by atoms with van der Waals surface area (Å²) >= 11 is 4.02. The number of carboxylic acid groups (broad SMARTS) is 1. The molecule has 0 aromatic heterocycles. The smallest absolute Gasteiger partial charge is 0.328 e. The summed E-state index contributed by atoms with van der Waals surface area (Å²) in [5, 5.41) is 8.89. The Morgan fingerprint density at radius 1 is 1.37 bits per heavy atom. The van der Waals surface area contributed by atoms with Crippen molar-refractivity contribution in [3.63, 3.8) is 0 Å². The number of carbonyl (C=O) groups excluding carboxylic acids is 2. The number of thiol groups is 1. The number of hydrogen-bond donors (Lipinski definition) is 2. The number of ether oxygens (including phenoxy) is 1. The zero-order chi connectivity index (χ0) is 15.0. The summed E-state index contributed by atoms with van der Waals surface area (Å²) in [5.41, 5.74) is 0. The standard InChI is InChI=1S/C12H21NO5S/c1-4-5-9(12(17)18-3)13(6-10(14)15)11(16)8(2)7-19/h8-9,19H,4-7H2,1-3H3,(H,14,15)/t8?,9-/m1/s1. The first kappa shape index (κ1) is 17.8. The Balaban J connectivity index is 5.21. The Bertz CT molecular complexity index is 334. The van der Waals surface area contributed by atoms with Gasteiger partial charge in [0.1, 0.15) is 12.6 Å². The van der Waals surface area contributed by atoms with Gasteiger partial charge in [-0.3, -0.25) is 9.59 Å². The quantitative estimate of drug-likeness (QED) is 0.510. The molecule has 19 heavy (non-hydrogen) atoms. The average molecular weight is 291 g/mol. The lowest BCUT2D eigenvalue weighted by atomic mass is 10.1. The van der Waals surface area contributed by atoms with Crippen LogP contribution in [0.2, 0.25) is 0 Å². The van der Waals surface area contributed by atoms with E-state index in [1.165, 1.54) is 7.11 Å². The van der Waals surface area contributed by atoms with E-state index in [1.807, 2.05) is 6.92 Å². The summed E-state index contributed by atoms with van der Waals surface area (Å²) in [5.74, 6) is -2.32. The maximum Gasteiger partial charge on any atom is 0.328 e. The monoisotopic (exact) mass is 291 g/mol. The van der Waals surface area contributed by atoms with Gasteiger partial charge in [-0.25, -0.2) is 4.79 Å². The highest BCUT2D eigenvalue weighted by Crippen LogP contribution is 2.14. The molecule has 6 nitrogen and oxygen atoms in total. The third-order valence-corrected chi connectivity index (χ3v) is 3.24. The molecule has 0 heterocycles. The number of nitrogens with zero attached hydrogens (tertiary/aromatic N) is 1. The molecule has 110 valence electrons. The summed E-state index contributed by atoms with van der Waals surface area (Å²) in [4.78, 5) is 35.8. The molecule has 7 heteroatoms. The van der Waals surface area contributed by atoms with Crippen molar-refractivity contribution in [3.05, 3.63) is 0 Å². The van der Waals surface area contributed by atoms with Crippen molar-refractivity contribution in [1.29, 1.82) is 0 Å². The lowest BCUT2D eigenvalue weighted by Gasteiger charge is -2.30. The van der Waals surface area contributed by atoms with Crippen LogP contribution >= 0.6 is 12.6 Å². The molecule has 0 spiro atoms. The van der Waals surface area contributed by atoms with Crippen LogP contribution in [0.1, 0.15) is 26.7 Å². The lowest BCUT2D eigenvalue weighted by Crippen LogP contribution is -2.50. The predicted octanol–water partition coefficient (Wildman–Crippen LogP) is 0.807. The van der Waals surface area contributed by atoms with Crippen molar-refractivity contribution >= 4 is 30.5 Å². The second kappa shape index (κ2) is 8.79. The number of aliphatic carboxylic acids is 1. The molecule has 0 radical (unpaired) electrons. The predicted molar refractivity (Wildman–Crippen MR) is 73.1 cm³/mol. The SMILES string of the molecule is CCC[C@H](C(=O)OC)N(CC(=O)O)C(=O)C(C)CS. The van der Waals surface area contributed by atoms with E-state index in [2.05, 4.69) is 17.4 Å². The fourth-order valence-corrected chi connectivity index (χ4v) is 1.82. The van der Waals surface area contributed by atoms with Crippen LogP contribution in [-0.4, -0.2) is 53.3 Å². The van der Waals surface area contributed by atoms with Crippen LogP contribution in [0.25, 0.3) is 0 Å². The van der Waals surface area contributed by atoms with Crippen LogP contribution in [-0.2, 0) is 19.1 Å². The molecule has 1 amide bonds. The Morgan fingerprint density at radius 2 is 1.95 bits per heavy atom. The highest BCUT2D eigenvalue weighted by Gasteiger charge is 2.33. The van der Waals surface area contributed by atoms with Gasteiger partial charge in [0.15, 0.2) is 0 Å². The van der Waals surface area contributed by atoms with Gasteiger partial charge in [0, 0.05) is 11.7 Å². The summed E-state index contributed by atoms with van der Waals surface area (Å²) in [6.45, 7) is 2.97. The van der Waals surface area contributed by atoms with Crippen molar-refractivity contribution in [3.8, 4) is 0 Å². The normalized spacial score (nSPS) is 13.5. The van der Waals surface area contributed by atoms with E-state index >= 15 is 0 Å². The topological polar surface area (TPSA) is 83.9 Å². The Morgan fingerprint density at radius 3 is 2.32 bits per heavy atom. The van der Waals surface area contributed by atoms with E-state index in [0.717, 1.165) is 4.90 Å². The summed E-state index contributed by atoms with van der Waals surface area (Å²) in [6, 6.07) is -0.860. The molecule has 0 fully saturated rings. The molecule has 0 aliphatic rings. The maximum absolute atomic E-state index is 12.2. The van der Waals surface area contributed by atoms with E-state index in [0.29, 0.717) is 12.8 Å². The van der Waals surface area contributed by atoms with Gasteiger partial charge in [-0.15, -0.1) is 0 Å². The Labute approximate surface area is 118 Å². The van der Waals surface area contributed by atoms with Gasteiger partial charge in [-0.1, -0.05) is 20.3 Å². The van der Waals surface area contributed by atoms with Gasteiger partial charge < -0.3 is 14.7 Å². The number of carbonyl (C=O) groups is 3. The van der Waals surface area contributed by atoms with Gasteiger partial charge >= 0.3 is 11.9 Å². The van der Waals surface area contributed by atoms with Crippen molar-refractivity contribution in [1.82, 2.24) is 4.90 Å². The second-order valence-corrected chi connectivity index (χ2v) is 4.64. The highest BCUT2D eigenvalue weighted by molar-refractivity contribution is 7.80. The third kappa shape index (κ3) is 5.50. The van der Waals surface area contributed by atoms with Gasteiger partial charge in [0.25, 0.3) is 0 Å². The maximum atomic E-state index is 12.2. The number of rotatable bonds is 8. The molecular formula is C12H21NO5S. The minimum atomic E-state index is -1.16. The van der Waals surface area contributed by atoms with Crippen LogP contribution in [0.5, 0.6) is 0 Å². The van der Waals surface area contributed by atoms with Crippen molar-refractivity contribution in [2.45, 2.75) is 32.7 Å². The molecule has 0 bridgehead atoms. The van der Waals surface area contributed by atoms with Gasteiger partial charge in [-0.2, -0.15) is 12.6 Å². The third-order valence-electron chi connectivity index (χ3n) is 2.70. The van der Waals surface area contributed by atoms with E-state index in [-0.39, 0.29) is 5.75 Å². The van der Waals surface area contributed by atoms with Crippen LogP contribution < -0.4 is 0 Å². The summed E-state index contributed by atoms with van der Waals surface area (Å²) < 4.78 is 4.65. The van der Waals surface area contributed by atoms with Gasteiger partial charge in [0.2, 0.25) is 5.91 Å². The van der Waals surface area contributed by atoms with Crippen molar-refractivity contribution in [2.75, 3.05) is 19.4 Å². The van der Waals surface area contributed by atoms with E-state index in [9.17, 15) is 14.4 Å². The molecule has 0 aliphatic heterocycles. The van der Waals surface area contributed by atoms with Crippen LogP contribution in [0.3, 0.4) is 0 Å². The molecule has 0 saturated carbocycles. The fraction of sp³-hybridized carbons (Fsp3) is 0.750. The molecule has 1 N–H and O–H groups in total. The molecule has 0 aromatic carbocycles. The van der Waals surface area contributed by atoms with E-state index in [1.54, 1.807) is 6.92 Å². The highest BCUT2D eigenvalue weighted by atomic mass is 32.1. The number of methoxy groups -OCH3 is 1. The first-order chi connectivity index (χ1) is 8.88. The molecule has 1 unspecified atom stereocenters. The van der Waals surface area contributed by atoms with E-state index < -0.39 is 36.4 Å². The molecule has 0 saturated heterocycles. The largest absolute Gasteiger partial charge is 0.480 e. The summed E-state index contributed by atoms with van der Waals surface area (Å²) in [7, 11) is 1.22. The fourth-order valence-electron chi connectivity index (χ4n) is 1.66. The van der Waals surface area contributed by atoms with Crippen LogP contribution in [0.15, 0.2) is 0 Å². The Hall–Kier alpha value is -1.24. The molecule has 0 aromatic rings. The molecule has 0 rings (SSSR count). The number of carboxylic acids is 1.